The quantitative estimate of drug-likeness (QED) is 0.810. The van der Waals surface area contributed by atoms with Gasteiger partial charge in [0.1, 0.15) is 0 Å². The molecule has 150 valence electrons. The van der Waals surface area contributed by atoms with Crippen molar-refractivity contribution < 1.29 is 9.90 Å². The Morgan fingerprint density at radius 2 is 1.89 bits per heavy atom. The van der Waals surface area contributed by atoms with Crippen LogP contribution in [-0.4, -0.2) is 59.1 Å². The molecule has 1 aromatic heterocycles. The molecule has 0 spiro atoms. The third-order valence-electron chi connectivity index (χ3n) is 5.96. The number of piperidine rings is 1. The molecule has 2 saturated heterocycles. The van der Waals surface area contributed by atoms with E-state index in [4.69, 9.17) is 0 Å². The molecular formula is C22H29N3O2S. The van der Waals surface area contributed by atoms with E-state index in [1.807, 2.05) is 24.3 Å². The number of amides is 1. The van der Waals surface area contributed by atoms with E-state index >= 15 is 0 Å². The molecule has 0 bridgehead atoms. The normalized spacial score (nSPS) is 23.1. The fraction of sp³-hybridized carbons (Fsp3) is 0.500. The van der Waals surface area contributed by atoms with Crippen molar-refractivity contribution in [1.29, 1.82) is 0 Å². The second kappa shape index (κ2) is 8.64. The summed E-state index contributed by atoms with van der Waals surface area (Å²) in [5.74, 6) is 0.0132. The van der Waals surface area contributed by atoms with E-state index in [1.165, 1.54) is 29.7 Å². The minimum atomic E-state index is -0.447. The van der Waals surface area contributed by atoms with Crippen molar-refractivity contribution in [3.63, 3.8) is 0 Å². The highest BCUT2D eigenvalue weighted by atomic mass is 32.1. The summed E-state index contributed by atoms with van der Waals surface area (Å²) in [6.07, 6.45) is 3.21. The summed E-state index contributed by atoms with van der Waals surface area (Å²) < 4.78 is 0. The predicted molar refractivity (Wildman–Crippen MR) is 114 cm³/mol. The van der Waals surface area contributed by atoms with Crippen LogP contribution in [0.5, 0.6) is 0 Å². The van der Waals surface area contributed by atoms with Gasteiger partial charge in [-0.1, -0.05) is 6.42 Å². The van der Waals surface area contributed by atoms with Crippen molar-refractivity contribution in [2.24, 2.45) is 0 Å². The van der Waals surface area contributed by atoms with Crippen LogP contribution in [0.15, 0.2) is 35.7 Å². The number of nitrogens with zero attached hydrogens (tertiary/aromatic N) is 2. The number of carbonyl (C=O) groups excluding carboxylic acids is 1. The molecule has 2 aliphatic rings. The number of thiophene rings is 1. The standard InChI is InChI=1S/C22H29N3O2S/c1-16-9-12-28-21(16)13-23-18-7-5-17(6-8-18)22(27)25-14-19(20(26)15-25)24-10-3-2-4-11-24/h5-9,12,19-20,23,26H,2-4,10-11,13-15H2,1H3/t19-,20-/m0/s1. The number of hydrogen-bond acceptors (Lipinski definition) is 5. The lowest BCUT2D eigenvalue weighted by Gasteiger charge is -2.33. The van der Waals surface area contributed by atoms with Crippen LogP contribution in [0.25, 0.3) is 0 Å². The summed E-state index contributed by atoms with van der Waals surface area (Å²) in [5, 5.41) is 16.0. The van der Waals surface area contributed by atoms with Gasteiger partial charge in [-0.2, -0.15) is 0 Å². The van der Waals surface area contributed by atoms with Crippen molar-refractivity contribution in [2.45, 2.75) is 44.9 Å². The van der Waals surface area contributed by atoms with E-state index in [-0.39, 0.29) is 11.9 Å². The van der Waals surface area contributed by atoms with E-state index in [0.29, 0.717) is 18.7 Å². The minimum absolute atomic E-state index is 0.0132. The Kier molecular flexibility index (Phi) is 5.99. The zero-order valence-electron chi connectivity index (χ0n) is 16.4. The van der Waals surface area contributed by atoms with Gasteiger partial charge in [-0.05, 0) is 74.1 Å². The van der Waals surface area contributed by atoms with Crippen LogP contribution >= 0.6 is 11.3 Å². The average molecular weight is 400 g/mol. The fourth-order valence-corrected chi connectivity index (χ4v) is 5.07. The maximum absolute atomic E-state index is 12.9. The number of nitrogens with one attached hydrogen (secondary N) is 1. The first-order valence-electron chi connectivity index (χ1n) is 10.2. The second-order valence-electron chi connectivity index (χ2n) is 7.90. The maximum Gasteiger partial charge on any atom is 0.253 e. The summed E-state index contributed by atoms with van der Waals surface area (Å²) in [5.41, 5.74) is 3.00. The van der Waals surface area contributed by atoms with Crippen molar-refractivity contribution >= 4 is 22.9 Å². The Labute approximate surface area is 171 Å². The Morgan fingerprint density at radius 1 is 1.14 bits per heavy atom. The molecule has 5 nitrogen and oxygen atoms in total. The fourth-order valence-electron chi connectivity index (χ4n) is 4.22. The lowest BCUT2D eigenvalue weighted by molar-refractivity contribution is 0.0702. The summed E-state index contributed by atoms with van der Waals surface area (Å²) >= 11 is 1.75. The molecule has 2 aliphatic heterocycles. The van der Waals surface area contributed by atoms with Crippen LogP contribution in [0.2, 0.25) is 0 Å². The number of aliphatic hydroxyl groups excluding tert-OH is 1. The van der Waals surface area contributed by atoms with E-state index in [2.05, 4.69) is 28.6 Å². The zero-order chi connectivity index (χ0) is 19.5. The number of carbonyl (C=O) groups is 1. The number of hydrogen-bond donors (Lipinski definition) is 2. The Hall–Kier alpha value is -1.89. The first kappa shape index (κ1) is 19.4. The van der Waals surface area contributed by atoms with Gasteiger partial charge >= 0.3 is 0 Å². The molecule has 6 heteroatoms. The number of benzene rings is 1. The number of likely N-dealkylation sites (tertiary alicyclic amines) is 2. The number of aryl methyl sites for hydroxylation is 1. The van der Waals surface area contributed by atoms with Crippen molar-refractivity contribution in [1.82, 2.24) is 9.80 Å². The summed E-state index contributed by atoms with van der Waals surface area (Å²) in [6, 6.07) is 9.90. The largest absolute Gasteiger partial charge is 0.390 e. The van der Waals surface area contributed by atoms with E-state index < -0.39 is 6.10 Å². The van der Waals surface area contributed by atoms with E-state index in [0.717, 1.165) is 25.3 Å². The van der Waals surface area contributed by atoms with Crippen LogP contribution in [0, 0.1) is 6.92 Å². The lowest BCUT2D eigenvalue weighted by Crippen LogP contribution is -2.46. The van der Waals surface area contributed by atoms with Gasteiger partial charge in [0.15, 0.2) is 0 Å². The molecular weight excluding hydrogens is 370 g/mol. The highest BCUT2D eigenvalue weighted by Gasteiger charge is 2.38. The molecule has 0 aliphatic carbocycles. The van der Waals surface area contributed by atoms with Gasteiger partial charge in [0, 0.05) is 35.8 Å². The summed E-state index contributed by atoms with van der Waals surface area (Å²) in [7, 11) is 0. The van der Waals surface area contributed by atoms with Gasteiger partial charge in [-0.25, -0.2) is 0 Å². The van der Waals surface area contributed by atoms with Crippen molar-refractivity contribution in [2.75, 3.05) is 31.5 Å². The Morgan fingerprint density at radius 3 is 2.57 bits per heavy atom. The Bertz CT molecular complexity index is 798. The van der Waals surface area contributed by atoms with Gasteiger partial charge in [0.2, 0.25) is 0 Å². The summed E-state index contributed by atoms with van der Waals surface area (Å²) in [4.78, 5) is 18.4. The first-order chi connectivity index (χ1) is 13.6. The number of anilines is 1. The molecule has 3 heterocycles. The predicted octanol–water partition coefficient (Wildman–Crippen LogP) is 3.34. The van der Waals surface area contributed by atoms with Crippen molar-refractivity contribution in [3.05, 3.63) is 51.7 Å². The number of aliphatic hydroxyl groups is 1. The maximum atomic E-state index is 12.9. The van der Waals surface area contributed by atoms with E-state index in [1.54, 1.807) is 16.2 Å². The topological polar surface area (TPSA) is 55.8 Å². The molecule has 0 radical (unpaired) electrons. The van der Waals surface area contributed by atoms with Crippen LogP contribution in [0.3, 0.4) is 0 Å². The molecule has 2 aromatic rings. The van der Waals surface area contributed by atoms with Gasteiger partial charge in [0.05, 0.1) is 12.1 Å². The van der Waals surface area contributed by atoms with Crippen molar-refractivity contribution in [3.8, 4) is 0 Å². The molecule has 2 N–H and O–H groups in total. The van der Waals surface area contributed by atoms with Crippen LogP contribution in [0.1, 0.15) is 40.1 Å². The van der Waals surface area contributed by atoms with Crippen LogP contribution in [-0.2, 0) is 6.54 Å². The monoisotopic (exact) mass is 399 g/mol. The molecule has 0 unspecified atom stereocenters. The SMILES string of the molecule is Cc1ccsc1CNc1ccc(C(=O)N2C[C@H](O)[C@@H](N3CCCCC3)C2)cc1. The molecule has 2 atom stereocenters. The molecule has 4 rings (SSSR count). The number of β-amino-alcohol motifs (C(OH)–C–C–N with tert-alkyl or cyclic N) is 1. The van der Waals surface area contributed by atoms with Gasteiger partial charge in [-0.15, -0.1) is 11.3 Å². The van der Waals surface area contributed by atoms with Gasteiger partial charge in [0.25, 0.3) is 5.91 Å². The molecule has 28 heavy (non-hydrogen) atoms. The second-order valence-corrected chi connectivity index (χ2v) is 8.90. The van der Waals surface area contributed by atoms with Gasteiger partial charge < -0.3 is 15.3 Å². The third kappa shape index (κ3) is 4.24. The Balaban J connectivity index is 1.35. The van der Waals surface area contributed by atoms with Crippen LogP contribution in [0.4, 0.5) is 5.69 Å². The summed E-state index contributed by atoms with van der Waals surface area (Å²) in [6.45, 7) is 6.04. The third-order valence-corrected chi connectivity index (χ3v) is 6.98. The van der Waals surface area contributed by atoms with Gasteiger partial charge in [-0.3, -0.25) is 9.69 Å². The number of rotatable bonds is 5. The van der Waals surface area contributed by atoms with Crippen LogP contribution < -0.4 is 5.32 Å². The lowest BCUT2D eigenvalue weighted by atomic mass is 10.1. The first-order valence-corrected chi connectivity index (χ1v) is 11.1. The minimum Gasteiger partial charge on any atom is -0.390 e. The van der Waals surface area contributed by atoms with E-state index in [9.17, 15) is 9.90 Å². The highest BCUT2D eigenvalue weighted by molar-refractivity contribution is 7.10. The molecule has 1 amide bonds. The molecule has 1 aromatic carbocycles. The zero-order valence-corrected chi connectivity index (χ0v) is 17.3. The molecule has 0 saturated carbocycles. The average Bonchev–Trinajstić information content (AvgIpc) is 3.32. The smallest absolute Gasteiger partial charge is 0.253 e. The molecule has 2 fully saturated rings. The highest BCUT2D eigenvalue weighted by Crippen LogP contribution is 2.23.